The fourth-order valence-electron chi connectivity index (χ4n) is 6.50. The van der Waals surface area contributed by atoms with Crippen LogP contribution < -0.4 is 4.74 Å². The smallest absolute Gasteiger partial charge is 0.217 e. The highest BCUT2D eigenvalue weighted by Gasteiger charge is 2.42. The van der Waals surface area contributed by atoms with Crippen molar-refractivity contribution < 1.29 is 13.9 Å². The summed E-state index contributed by atoms with van der Waals surface area (Å²) in [6.07, 6.45) is 5.82. The summed E-state index contributed by atoms with van der Waals surface area (Å²) in [6.45, 7) is 27.5. The number of ether oxygens (including phenoxy) is 2. The van der Waals surface area contributed by atoms with Gasteiger partial charge in [0.1, 0.15) is 13.8 Å². The van der Waals surface area contributed by atoms with Gasteiger partial charge in [-0.05, 0) is 71.7 Å². The van der Waals surface area contributed by atoms with E-state index in [0.29, 0.717) is 35.7 Å². The average Bonchev–Trinajstić information content (AvgIpc) is 3.57. The molecule has 1 aliphatic heterocycles. The molecule has 44 heavy (non-hydrogen) atoms. The molecular formula is C35H56N4O3Si2. The fourth-order valence-corrected chi connectivity index (χ4v) is 12.8. The summed E-state index contributed by atoms with van der Waals surface area (Å²) in [5.41, 5.74) is 9.43. The largest absolute Gasteiger partial charge is 0.477 e. The van der Waals surface area contributed by atoms with E-state index in [1.807, 2.05) is 6.20 Å². The molecule has 1 unspecified atom stereocenters. The molecule has 7 nitrogen and oxygen atoms in total. The van der Waals surface area contributed by atoms with Gasteiger partial charge in [0.2, 0.25) is 5.88 Å². The van der Waals surface area contributed by atoms with Crippen molar-refractivity contribution in [1.82, 2.24) is 20.0 Å². The number of nitrogens with zero attached hydrogens (tertiary/aromatic N) is 3. The lowest BCUT2D eigenvalue weighted by molar-refractivity contribution is -0.0367. The lowest BCUT2D eigenvalue weighted by Gasteiger charge is -2.38. The first-order valence-corrected chi connectivity index (χ1v) is 21.8. The molecule has 1 saturated heterocycles. The maximum Gasteiger partial charge on any atom is 0.217 e. The van der Waals surface area contributed by atoms with Gasteiger partial charge in [-0.3, -0.25) is 0 Å². The SMILES string of the molecule is CC(C)[Si](C#Cc1nn(C2CCCCO2)c2ccc(-c3cn[nH]c3OCCCO[Si](C)(C)C(C)(C)C)cc12)(C(C)C)C(C)C. The Hall–Kier alpha value is -2.39. The first-order chi connectivity index (χ1) is 20.7. The lowest BCUT2D eigenvalue weighted by Crippen LogP contribution is -2.43. The highest BCUT2D eigenvalue weighted by Crippen LogP contribution is 2.41. The van der Waals surface area contributed by atoms with Gasteiger partial charge in [0, 0.05) is 25.0 Å². The van der Waals surface area contributed by atoms with Crippen molar-refractivity contribution in [1.29, 1.82) is 0 Å². The molecule has 9 heteroatoms. The zero-order chi connectivity index (χ0) is 32.3. The predicted molar refractivity (Wildman–Crippen MR) is 187 cm³/mol. The molecule has 1 atom stereocenters. The molecule has 0 radical (unpaired) electrons. The van der Waals surface area contributed by atoms with Crippen LogP contribution in [0.25, 0.3) is 22.0 Å². The number of aromatic nitrogens is 4. The molecule has 1 aliphatic rings. The van der Waals surface area contributed by atoms with Crippen molar-refractivity contribution in [2.24, 2.45) is 0 Å². The van der Waals surface area contributed by atoms with Gasteiger partial charge in [-0.15, -0.1) is 5.54 Å². The van der Waals surface area contributed by atoms with E-state index in [0.717, 1.165) is 60.0 Å². The summed E-state index contributed by atoms with van der Waals surface area (Å²) in [5, 5.41) is 13.8. The van der Waals surface area contributed by atoms with Crippen molar-refractivity contribution in [3.63, 3.8) is 0 Å². The highest BCUT2D eigenvalue weighted by atomic mass is 28.4. The number of aromatic amines is 1. The van der Waals surface area contributed by atoms with Crippen molar-refractivity contribution in [2.45, 2.75) is 129 Å². The Morgan fingerprint density at radius 2 is 1.75 bits per heavy atom. The van der Waals surface area contributed by atoms with E-state index in [2.05, 4.69) is 120 Å². The fraction of sp³-hybridized carbons (Fsp3) is 0.657. The van der Waals surface area contributed by atoms with Gasteiger partial charge in [0.15, 0.2) is 14.5 Å². The third-order valence-corrected chi connectivity index (χ3v) is 20.9. The molecule has 0 bridgehead atoms. The second kappa shape index (κ2) is 13.9. The van der Waals surface area contributed by atoms with Crippen molar-refractivity contribution in [2.75, 3.05) is 19.8 Å². The second-order valence-electron chi connectivity index (χ2n) is 14.9. The maximum absolute atomic E-state index is 6.34. The Bertz CT molecular complexity index is 1430. The normalized spacial score (nSPS) is 16.6. The summed E-state index contributed by atoms with van der Waals surface area (Å²) in [4.78, 5) is 0. The van der Waals surface area contributed by atoms with Crippen LogP contribution in [0.5, 0.6) is 5.88 Å². The Labute approximate surface area is 268 Å². The number of benzene rings is 1. The topological polar surface area (TPSA) is 74.2 Å². The van der Waals surface area contributed by atoms with E-state index in [1.165, 1.54) is 0 Å². The molecule has 1 N–H and O–H groups in total. The summed E-state index contributed by atoms with van der Waals surface area (Å²) in [6, 6.07) is 6.49. The zero-order valence-corrected chi connectivity index (χ0v) is 31.1. The maximum atomic E-state index is 6.34. The minimum absolute atomic E-state index is 0.0590. The van der Waals surface area contributed by atoms with Crippen molar-refractivity contribution in [3.05, 3.63) is 30.1 Å². The molecular weight excluding hydrogens is 581 g/mol. The molecule has 242 valence electrons. The number of rotatable bonds is 11. The van der Waals surface area contributed by atoms with E-state index >= 15 is 0 Å². The lowest BCUT2D eigenvalue weighted by atomic mass is 10.1. The summed E-state index contributed by atoms with van der Waals surface area (Å²) in [7, 11) is -3.70. The minimum atomic E-state index is -1.93. The molecule has 3 heterocycles. The molecule has 0 amide bonds. The third-order valence-electron chi connectivity index (χ3n) is 10.1. The van der Waals surface area contributed by atoms with Crippen LogP contribution in [0.3, 0.4) is 0 Å². The molecule has 1 fully saturated rings. The van der Waals surface area contributed by atoms with Crippen LogP contribution >= 0.6 is 0 Å². The van der Waals surface area contributed by atoms with E-state index in [4.69, 9.17) is 19.0 Å². The van der Waals surface area contributed by atoms with Crippen LogP contribution in [0, 0.1) is 11.5 Å². The monoisotopic (exact) mass is 636 g/mol. The van der Waals surface area contributed by atoms with Gasteiger partial charge in [-0.2, -0.15) is 10.2 Å². The molecule has 0 spiro atoms. The third kappa shape index (κ3) is 7.19. The van der Waals surface area contributed by atoms with Gasteiger partial charge in [0.05, 0.1) is 23.9 Å². The highest BCUT2D eigenvalue weighted by molar-refractivity contribution is 6.90. The Morgan fingerprint density at radius 1 is 1.05 bits per heavy atom. The Kier molecular flexibility index (Phi) is 10.9. The van der Waals surface area contributed by atoms with Crippen LogP contribution in [0.1, 0.15) is 99.9 Å². The van der Waals surface area contributed by atoms with Gasteiger partial charge in [-0.25, -0.2) is 9.78 Å². The van der Waals surface area contributed by atoms with Crippen molar-refractivity contribution >= 4 is 27.3 Å². The Morgan fingerprint density at radius 3 is 2.36 bits per heavy atom. The quantitative estimate of drug-likeness (QED) is 0.129. The molecule has 2 aromatic heterocycles. The molecule has 0 saturated carbocycles. The summed E-state index contributed by atoms with van der Waals surface area (Å²) >= 11 is 0. The predicted octanol–water partition coefficient (Wildman–Crippen LogP) is 9.49. The summed E-state index contributed by atoms with van der Waals surface area (Å²) in [5.74, 6) is 4.33. The molecule has 3 aromatic rings. The van der Waals surface area contributed by atoms with Crippen LogP contribution in [-0.4, -0.2) is 56.2 Å². The van der Waals surface area contributed by atoms with Crippen LogP contribution in [0.2, 0.25) is 34.8 Å². The van der Waals surface area contributed by atoms with Crippen LogP contribution in [0.15, 0.2) is 24.4 Å². The zero-order valence-electron chi connectivity index (χ0n) is 29.1. The van der Waals surface area contributed by atoms with Gasteiger partial charge in [-0.1, -0.05) is 74.3 Å². The number of hydrogen-bond acceptors (Lipinski definition) is 5. The Balaban J connectivity index is 1.65. The summed E-state index contributed by atoms with van der Waals surface area (Å²) < 4.78 is 20.8. The molecule has 0 aliphatic carbocycles. The van der Waals surface area contributed by atoms with E-state index < -0.39 is 16.4 Å². The van der Waals surface area contributed by atoms with Crippen LogP contribution in [-0.2, 0) is 9.16 Å². The van der Waals surface area contributed by atoms with E-state index in [-0.39, 0.29) is 11.3 Å². The number of fused-ring (bicyclic) bond motifs is 1. The molecule has 4 rings (SSSR count). The number of H-pyrrole nitrogens is 1. The molecule has 1 aromatic carbocycles. The minimum Gasteiger partial charge on any atom is -0.477 e. The number of hydrogen-bond donors (Lipinski definition) is 1. The first kappa shape index (κ1) is 34.5. The van der Waals surface area contributed by atoms with E-state index in [1.54, 1.807) is 0 Å². The second-order valence-corrected chi connectivity index (χ2v) is 25.3. The standard InChI is InChI=1S/C35H56N4O3Si2/c1-25(2)44(26(3)4,27(5)6)22-18-31-29-23-28(16-17-32(29)39(38-31)33-15-12-13-19-40-33)30-24-36-37-34(30)41-20-14-21-42-43(10,11)35(7,8)9/h16-17,23-27,33H,12-15,19-21H2,1-11H3,(H,36,37). The van der Waals surface area contributed by atoms with E-state index in [9.17, 15) is 0 Å². The van der Waals surface area contributed by atoms with Gasteiger partial charge >= 0.3 is 0 Å². The number of nitrogens with one attached hydrogen (secondary N) is 1. The van der Waals surface area contributed by atoms with Gasteiger partial charge in [0.25, 0.3) is 0 Å². The average molecular weight is 637 g/mol. The van der Waals surface area contributed by atoms with Crippen LogP contribution in [0.4, 0.5) is 0 Å². The first-order valence-electron chi connectivity index (χ1n) is 16.7. The van der Waals surface area contributed by atoms with Crippen molar-refractivity contribution in [3.8, 4) is 28.5 Å². The van der Waals surface area contributed by atoms with Gasteiger partial charge < -0.3 is 13.9 Å².